The Bertz CT molecular complexity index is 532. The third-order valence-electron chi connectivity index (χ3n) is 2.00. The summed E-state index contributed by atoms with van der Waals surface area (Å²) in [6, 6.07) is 3.76. The highest BCUT2D eigenvalue weighted by molar-refractivity contribution is 7.98. The zero-order chi connectivity index (χ0) is 10.8. The average molecular weight is 223 g/mol. The van der Waals surface area contributed by atoms with Gasteiger partial charge in [0.25, 0.3) is 0 Å². The minimum Gasteiger partial charge on any atom is -0.295 e. The standard InChI is InChI=1S/C9H9N3O2S/c1-12-8(11-14-9(12)13)7-6(15-2)4-3-5-10-7/h3-5H,1-2H3. The molecule has 0 spiro atoms. The highest BCUT2D eigenvalue weighted by Crippen LogP contribution is 2.25. The van der Waals surface area contributed by atoms with Crippen molar-refractivity contribution in [2.45, 2.75) is 4.90 Å². The number of hydrogen-bond donors (Lipinski definition) is 0. The lowest BCUT2D eigenvalue weighted by Crippen LogP contribution is -2.10. The van der Waals surface area contributed by atoms with Gasteiger partial charge in [-0.1, -0.05) is 5.16 Å². The van der Waals surface area contributed by atoms with Crippen molar-refractivity contribution in [3.05, 3.63) is 28.9 Å². The summed E-state index contributed by atoms with van der Waals surface area (Å²) in [6.45, 7) is 0. The van der Waals surface area contributed by atoms with Crippen LogP contribution in [0.15, 0.2) is 32.5 Å². The summed E-state index contributed by atoms with van der Waals surface area (Å²) in [5.74, 6) is -0.0346. The second kappa shape index (κ2) is 3.90. The van der Waals surface area contributed by atoms with Crippen LogP contribution in [0.1, 0.15) is 0 Å². The Morgan fingerprint density at radius 3 is 2.93 bits per heavy atom. The summed E-state index contributed by atoms with van der Waals surface area (Å²) < 4.78 is 5.89. The van der Waals surface area contributed by atoms with E-state index in [0.29, 0.717) is 11.5 Å². The van der Waals surface area contributed by atoms with Gasteiger partial charge in [0.2, 0.25) is 5.82 Å². The quantitative estimate of drug-likeness (QED) is 0.715. The maximum atomic E-state index is 11.1. The molecule has 0 bridgehead atoms. The van der Waals surface area contributed by atoms with Gasteiger partial charge in [-0.05, 0) is 18.4 Å². The van der Waals surface area contributed by atoms with E-state index in [-0.39, 0.29) is 0 Å². The maximum absolute atomic E-state index is 11.1. The topological polar surface area (TPSA) is 60.9 Å². The fraction of sp³-hybridized carbons (Fsp3) is 0.222. The highest BCUT2D eigenvalue weighted by atomic mass is 32.2. The van der Waals surface area contributed by atoms with Crippen molar-refractivity contribution < 1.29 is 4.52 Å². The van der Waals surface area contributed by atoms with Gasteiger partial charge in [0.05, 0.1) is 0 Å². The monoisotopic (exact) mass is 223 g/mol. The van der Waals surface area contributed by atoms with Gasteiger partial charge in [-0.15, -0.1) is 11.8 Å². The molecule has 2 aromatic heterocycles. The van der Waals surface area contributed by atoms with Crippen molar-refractivity contribution in [1.29, 1.82) is 0 Å². The molecule has 0 atom stereocenters. The number of hydrogen-bond acceptors (Lipinski definition) is 5. The number of rotatable bonds is 2. The van der Waals surface area contributed by atoms with Crippen molar-refractivity contribution in [2.75, 3.05) is 6.26 Å². The molecule has 0 aliphatic carbocycles. The predicted octanol–water partition coefficient (Wildman–Crippen LogP) is 1.16. The van der Waals surface area contributed by atoms with E-state index >= 15 is 0 Å². The van der Waals surface area contributed by atoms with E-state index in [4.69, 9.17) is 0 Å². The molecular weight excluding hydrogens is 214 g/mol. The smallest absolute Gasteiger partial charge is 0.295 e. The molecule has 2 heterocycles. The lowest BCUT2D eigenvalue weighted by atomic mass is 10.3. The maximum Gasteiger partial charge on any atom is 0.441 e. The van der Waals surface area contributed by atoms with Gasteiger partial charge in [0, 0.05) is 18.1 Å². The van der Waals surface area contributed by atoms with E-state index < -0.39 is 5.76 Å². The second-order valence-corrected chi connectivity index (χ2v) is 3.73. The first-order chi connectivity index (χ1) is 7.24. The summed E-state index contributed by atoms with van der Waals surface area (Å²) in [4.78, 5) is 16.3. The normalized spacial score (nSPS) is 10.5. The van der Waals surface area contributed by atoms with E-state index in [1.54, 1.807) is 25.0 Å². The Kier molecular flexibility index (Phi) is 2.59. The van der Waals surface area contributed by atoms with Gasteiger partial charge in [-0.3, -0.25) is 14.1 Å². The molecule has 6 heteroatoms. The van der Waals surface area contributed by atoms with Crippen LogP contribution in [-0.4, -0.2) is 21.0 Å². The summed E-state index contributed by atoms with van der Waals surface area (Å²) in [6.07, 6.45) is 3.60. The molecule has 0 unspecified atom stereocenters. The van der Waals surface area contributed by atoms with Gasteiger partial charge >= 0.3 is 5.76 Å². The Balaban J connectivity index is 2.63. The summed E-state index contributed by atoms with van der Waals surface area (Å²) in [7, 11) is 1.60. The van der Waals surface area contributed by atoms with Crippen LogP contribution in [0.3, 0.4) is 0 Å². The fourth-order valence-electron chi connectivity index (χ4n) is 1.22. The molecule has 0 radical (unpaired) electrons. The van der Waals surface area contributed by atoms with Crippen LogP contribution in [0.25, 0.3) is 11.5 Å². The zero-order valence-electron chi connectivity index (χ0n) is 8.30. The van der Waals surface area contributed by atoms with E-state index in [1.807, 2.05) is 18.4 Å². The molecule has 2 rings (SSSR count). The van der Waals surface area contributed by atoms with Gasteiger partial charge < -0.3 is 0 Å². The Morgan fingerprint density at radius 1 is 1.53 bits per heavy atom. The van der Waals surface area contributed by atoms with Crippen molar-refractivity contribution in [1.82, 2.24) is 14.7 Å². The number of aromatic nitrogens is 3. The molecule has 0 N–H and O–H groups in total. The third kappa shape index (κ3) is 1.68. The third-order valence-corrected chi connectivity index (χ3v) is 2.77. The molecule has 0 saturated heterocycles. The first kappa shape index (κ1) is 9.97. The number of nitrogens with zero attached hydrogens (tertiary/aromatic N) is 3. The van der Waals surface area contributed by atoms with Crippen molar-refractivity contribution in [3.63, 3.8) is 0 Å². The first-order valence-electron chi connectivity index (χ1n) is 4.26. The average Bonchev–Trinajstić information content (AvgIpc) is 2.60. The van der Waals surface area contributed by atoms with E-state index in [0.717, 1.165) is 4.90 Å². The Labute approximate surface area is 90.1 Å². The van der Waals surface area contributed by atoms with Gasteiger partial charge in [0.15, 0.2) is 0 Å². The zero-order valence-corrected chi connectivity index (χ0v) is 9.11. The van der Waals surface area contributed by atoms with E-state index in [1.165, 1.54) is 4.57 Å². The lowest BCUT2D eigenvalue weighted by molar-refractivity contribution is 0.380. The molecular formula is C9H9N3O2S. The summed E-state index contributed by atoms with van der Waals surface area (Å²) in [5.41, 5.74) is 0.665. The predicted molar refractivity (Wildman–Crippen MR) is 56.8 cm³/mol. The Hall–Kier alpha value is -1.56. The minimum atomic E-state index is -0.484. The van der Waals surface area contributed by atoms with Crippen LogP contribution < -0.4 is 5.76 Å². The number of thioether (sulfide) groups is 1. The second-order valence-electron chi connectivity index (χ2n) is 2.89. The fourth-order valence-corrected chi connectivity index (χ4v) is 1.77. The molecule has 0 aliphatic heterocycles. The SMILES string of the molecule is CSc1cccnc1-c1noc(=O)n1C. The van der Waals surface area contributed by atoms with Crippen LogP contribution in [-0.2, 0) is 7.05 Å². The highest BCUT2D eigenvalue weighted by Gasteiger charge is 2.13. The van der Waals surface area contributed by atoms with Crippen LogP contribution >= 0.6 is 11.8 Å². The molecule has 0 fully saturated rings. The largest absolute Gasteiger partial charge is 0.441 e. The molecule has 78 valence electrons. The summed E-state index contributed by atoms with van der Waals surface area (Å²) >= 11 is 1.55. The van der Waals surface area contributed by atoms with E-state index in [2.05, 4.69) is 14.7 Å². The summed E-state index contributed by atoms with van der Waals surface area (Å²) in [5, 5.41) is 3.69. The Morgan fingerprint density at radius 2 is 2.33 bits per heavy atom. The molecule has 2 aromatic rings. The van der Waals surface area contributed by atoms with Crippen LogP contribution in [0.4, 0.5) is 0 Å². The van der Waals surface area contributed by atoms with Crippen LogP contribution in [0.5, 0.6) is 0 Å². The van der Waals surface area contributed by atoms with Crippen molar-refractivity contribution in [2.24, 2.45) is 7.05 Å². The van der Waals surface area contributed by atoms with Gasteiger partial charge in [-0.2, -0.15) is 0 Å². The van der Waals surface area contributed by atoms with Crippen LogP contribution in [0, 0.1) is 0 Å². The molecule has 0 amide bonds. The molecule has 15 heavy (non-hydrogen) atoms. The van der Waals surface area contributed by atoms with E-state index in [9.17, 15) is 4.79 Å². The van der Waals surface area contributed by atoms with Gasteiger partial charge in [0.1, 0.15) is 5.69 Å². The van der Waals surface area contributed by atoms with Crippen molar-refractivity contribution in [3.8, 4) is 11.5 Å². The van der Waals surface area contributed by atoms with Crippen LogP contribution in [0.2, 0.25) is 0 Å². The minimum absolute atomic E-state index is 0.449. The first-order valence-corrected chi connectivity index (χ1v) is 5.48. The lowest BCUT2D eigenvalue weighted by Gasteiger charge is -2.02. The van der Waals surface area contributed by atoms with Gasteiger partial charge in [-0.25, -0.2) is 4.79 Å². The molecule has 0 aromatic carbocycles. The molecule has 0 aliphatic rings. The van der Waals surface area contributed by atoms with Crippen molar-refractivity contribution >= 4 is 11.8 Å². The number of pyridine rings is 1. The molecule has 5 nitrogen and oxygen atoms in total. The molecule has 0 saturated carbocycles.